The number of unbranched alkanes of at least 4 members (excludes halogenated alkanes) is 9. The molecule has 0 heterocycles. The predicted molar refractivity (Wildman–Crippen MR) is 115 cm³/mol. The van der Waals surface area contributed by atoms with E-state index in [9.17, 15) is 9.90 Å². The zero-order valence-electron chi connectivity index (χ0n) is 17.2. The molecule has 0 unspecified atom stereocenters. The van der Waals surface area contributed by atoms with Crippen molar-refractivity contribution in [3.8, 4) is 11.5 Å². The van der Waals surface area contributed by atoms with Gasteiger partial charge in [0, 0.05) is 0 Å². The van der Waals surface area contributed by atoms with E-state index in [1.165, 1.54) is 63.9 Å². The maximum Gasteiger partial charge on any atom is 0.347 e. The Kier molecular flexibility index (Phi) is 10.2. The fourth-order valence-corrected chi connectivity index (χ4v) is 3.41. The molecule has 2 aromatic rings. The molecule has 0 spiro atoms. The Morgan fingerprint density at radius 1 is 0.786 bits per heavy atom. The number of hydrogen-bond donors (Lipinski definition) is 1. The Morgan fingerprint density at radius 3 is 2.04 bits per heavy atom. The number of rotatable bonds is 13. The molecule has 2 aromatic carbocycles. The van der Waals surface area contributed by atoms with Gasteiger partial charge in [0.15, 0.2) is 0 Å². The van der Waals surface area contributed by atoms with Crippen LogP contribution < -0.4 is 4.74 Å². The first-order valence-corrected chi connectivity index (χ1v) is 10.8. The van der Waals surface area contributed by atoms with E-state index in [4.69, 9.17) is 4.74 Å². The number of esters is 1. The Balaban J connectivity index is 1.72. The average molecular weight is 383 g/mol. The zero-order chi connectivity index (χ0) is 20.0. The maximum absolute atomic E-state index is 12.3. The summed E-state index contributed by atoms with van der Waals surface area (Å²) in [6.07, 6.45) is 13.9. The van der Waals surface area contributed by atoms with Crippen molar-refractivity contribution in [2.45, 2.75) is 77.6 Å². The molecule has 0 saturated heterocycles. The van der Waals surface area contributed by atoms with Crippen molar-refractivity contribution in [3.05, 3.63) is 59.7 Å². The van der Waals surface area contributed by atoms with Gasteiger partial charge in [0.25, 0.3) is 0 Å². The lowest BCUT2D eigenvalue weighted by molar-refractivity contribution is 0.0730. The van der Waals surface area contributed by atoms with E-state index in [2.05, 4.69) is 6.92 Å². The monoisotopic (exact) mass is 382 g/mol. The van der Waals surface area contributed by atoms with Gasteiger partial charge < -0.3 is 9.84 Å². The van der Waals surface area contributed by atoms with E-state index in [0.29, 0.717) is 5.75 Å². The number of para-hydroxylation sites is 2. The number of benzene rings is 2. The standard InChI is InChI=1S/C25H34O3/c1-2-3-4-5-6-7-8-9-10-11-16-21-17-12-15-20-24(21)28-25(27)22-18-13-14-19-23(22)26/h12-15,17-20,26H,2-11,16H2,1H3. The zero-order valence-corrected chi connectivity index (χ0v) is 17.2. The number of hydrogen-bond acceptors (Lipinski definition) is 3. The molecule has 0 bridgehead atoms. The minimum atomic E-state index is -0.520. The molecule has 0 aromatic heterocycles. The summed E-state index contributed by atoms with van der Waals surface area (Å²) in [4.78, 5) is 12.3. The molecule has 0 aliphatic carbocycles. The van der Waals surface area contributed by atoms with Gasteiger partial charge in [-0.2, -0.15) is 0 Å². The first-order chi connectivity index (χ1) is 13.7. The number of aromatic hydroxyl groups is 1. The van der Waals surface area contributed by atoms with Gasteiger partial charge in [0.05, 0.1) is 0 Å². The first-order valence-electron chi connectivity index (χ1n) is 10.8. The van der Waals surface area contributed by atoms with Crippen LogP contribution >= 0.6 is 0 Å². The van der Waals surface area contributed by atoms with E-state index in [-0.39, 0.29) is 11.3 Å². The normalized spacial score (nSPS) is 10.8. The minimum absolute atomic E-state index is 0.0559. The summed E-state index contributed by atoms with van der Waals surface area (Å²) >= 11 is 0. The molecule has 0 atom stereocenters. The summed E-state index contributed by atoms with van der Waals surface area (Å²) in [7, 11) is 0. The number of phenols is 1. The van der Waals surface area contributed by atoms with Gasteiger partial charge in [0.1, 0.15) is 17.1 Å². The van der Waals surface area contributed by atoms with Crippen LogP contribution in [0.5, 0.6) is 11.5 Å². The molecule has 0 saturated carbocycles. The molecule has 0 amide bonds. The van der Waals surface area contributed by atoms with Crippen molar-refractivity contribution < 1.29 is 14.6 Å². The van der Waals surface area contributed by atoms with Crippen molar-refractivity contribution in [3.63, 3.8) is 0 Å². The van der Waals surface area contributed by atoms with Gasteiger partial charge in [-0.1, -0.05) is 95.0 Å². The van der Waals surface area contributed by atoms with E-state index < -0.39 is 5.97 Å². The van der Waals surface area contributed by atoms with Crippen molar-refractivity contribution in [2.75, 3.05) is 0 Å². The van der Waals surface area contributed by atoms with Gasteiger partial charge in [-0.05, 0) is 36.6 Å². The van der Waals surface area contributed by atoms with Crippen LogP contribution in [0.4, 0.5) is 0 Å². The van der Waals surface area contributed by atoms with Gasteiger partial charge in [-0.25, -0.2) is 4.79 Å². The Hall–Kier alpha value is -2.29. The third-order valence-corrected chi connectivity index (χ3v) is 5.10. The topological polar surface area (TPSA) is 46.5 Å². The number of aryl methyl sites for hydroxylation is 1. The fourth-order valence-electron chi connectivity index (χ4n) is 3.41. The third kappa shape index (κ3) is 7.75. The van der Waals surface area contributed by atoms with Crippen LogP contribution in [-0.2, 0) is 6.42 Å². The molecular weight excluding hydrogens is 348 g/mol. The van der Waals surface area contributed by atoms with E-state index in [1.807, 2.05) is 24.3 Å². The van der Waals surface area contributed by atoms with Crippen LogP contribution in [-0.4, -0.2) is 11.1 Å². The molecular formula is C25H34O3. The fraction of sp³-hybridized carbons (Fsp3) is 0.480. The smallest absolute Gasteiger partial charge is 0.347 e. The summed E-state index contributed by atoms with van der Waals surface area (Å²) in [6, 6.07) is 14.1. The largest absolute Gasteiger partial charge is 0.507 e. The van der Waals surface area contributed by atoms with Crippen molar-refractivity contribution in [1.82, 2.24) is 0 Å². The van der Waals surface area contributed by atoms with E-state index in [0.717, 1.165) is 18.4 Å². The highest BCUT2D eigenvalue weighted by Crippen LogP contribution is 2.24. The lowest BCUT2D eigenvalue weighted by atomic mass is 10.0. The van der Waals surface area contributed by atoms with Crippen LogP contribution in [0, 0.1) is 0 Å². The second-order valence-corrected chi connectivity index (χ2v) is 7.45. The molecule has 0 radical (unpaired) electrons. The summed E-state index contributed by atoms with van der Waals surface area (Å²) in [6.45, 7) is 2.25. The number of carbonyl (C=O) groups excluding carboxylic acids is 1. The molecule has 0 aliphatic rings. The van der Waals surface area contributed by atoms with Crippen LogP contribution in [0.1, 0.15) is 87.1 Å². The second-order valence-electron chi connectivity index (χ2n) is 7.45. The summed E-state index contributed by atoms with van der Waals surface area (Å²) in [5.41, 5.74) is 1.24. The molecule has 2 rings (SSSR count). The van der Waals surface area contributed by atoms with Crippen LogP contribution in [0.2, 0.25) is 0 Å². The SMILES string of the molecule is CCCCCCCCCCCCc1ccccc1OC(=O)c1ccccc1O. The van der Waals surface area contributed by atoms with Crippen LogP contribution in [0.3, 0.4) is 0 Å². The molecule has 152 valence electrons. The van der Waals surface area contributed by atoms with E-state index in [1.54, 1.807) is 18.2 Å². The highest BCUT2D eigenvalue weighted by Gasteiger charge is 2.14. The Bertz CT molecular complexity index is 708. The lowest BCUT2D eigenvalue weighted by Crippen LogP contribution is -2.10. The van der Waals surface area contributed by atoms with Crippen molar-refractivity contribution >= 4 is 5.97 Å². The van der Waals surface area contributed by atoms with Gasteiger partial charge in [-0.15, -0.1) is 0 Å². The maximum atomic E-state index is 12.3. The molecule has 3 heteroatoms. The Morgan fingerprint density at radius 2 is 1.36 bits per heavy atom. The quantitative estimate of drug-likeness (QED) is 0.229. The summed E-state index contributed by atoms with van der Waals surface area (Å²) < 4.78 is 5.56. The molecule has 3 nitrogen and oxygen atoms in total. The molecule has 0 fully saturated rings. The average Bonchev–Trinajstić information content (AvgIpc) is 2.71. The van der Waals surface area contributed by atoms with Crippen molar-refractivity contribution in [1.29, 1.82) is 0 Å². The summed E-state index contributed by atoms with van der Waals surface area (Å²) in [5.74, 6) is 0.0139. The van der Waals surface area contributed by atoms with Gasteiger partial charge in [0.2, 0.25) is 0 Å². The first kappa shape index (κ1) is 22.0. The number of carbonyl (C=O) groups is 1. The summed E-state index contributed by atoms with van der Waals surface area (Å²) in [5, 5.41) is 9.83. The highest BCUT2D eigenvalue weighted by molar-refractivity contribution is 5.93. The molecule has 1 N–H and O–H groups in total. The van der Waals surface area contributed by atoms with E-state index >= 15 is 0 Å². The van der Waals surface area contributed by atoms with Crippen LogP contribution in [0.15, 0.2) is 48.5 Å². The molecule has 28 heavy (non-hydrogen) atoms. The van der Waals surface area contributed by atoms with Crippen LogP contribution in [0.25, 0.3) is 0 Å². The lowest BCUT2D eigenvalue weighted by Gasteiger charge is -2.11. The number of ether oxygens (including phenoxy) is 1. The van der Waals surface area contributed by atoms with Gasteiger partial charge in [-0.3, -0.25) is 0 Å². The molecule has 0 aliphatic heterocycles. The predicted octanol–water partition coefficient (Wildman–Crippen LogP) is 7.07. The van der Waals surface area contributed by atoms with Gasteiger partial charge >= 0.3 is 5.97 Å². The van der Waals surface area contributed by atoms with Crippen molar-refractivity contribution in [2.24, 2.45) is 0 Å². The third-order valence-electron chi connectivity index (χ3n) is 5.10. The Labute approximate surface area is 169 Å². The second kappa shape index (κ2) is 13.0. The number of phenolic OH excluding ortho intramolecular Hbond substituents is 1. The highest BCUT2D eigenvalue weighted by atomic mass is 16.5. The minimum Gasteiger partial charge on any atom is -0.507 e.